The monoisotopic (exact) mass is 219 g/mol. The molecule has 0 aliphatic heterocycles. The van der Waals surface area contributed by atoms with Crippen LogP contribution in [0.25, 0.3) is 10.2 Å². The number of aryl methyl sites for hydroxylation is 3. The molecule has 0 spiro atoms. The second-order valence-electron chi connectivity index (χ2n) is 3.76. The molecule has 15 heavy (non-hydrogen) atoms. The highest BCUT2D eigenvalue weighted by Gasteiger charge is 2.06. The summed E-state index contributed by atoms with van der Waals surface area (Å²) in [6.07, 6.45) is 3.28. The molecule has 0 saturated carbocycles. The van der Waals surface area contributed by atoms with E-state index in [9.17, 15) is 0 Å². The molecule has 0 amide bonds. The SMILES string of the molecule is CCc1nc2cc(CC)c(CC)cc2s1. The average Bonchev–Trinajstić information content (AvgIpc) is 2.68. The fraction of sp³-hybridized carbons (Fsp3) is 0.462. The van der Waals surface area contributed by atoms with Gasteiger partial charge < -0.3 is 0 Å². The first-order valence-electron chi connectivity index (χ1n) is 5.69. The van der Waals surface area contributed by atoms with E-state index in [1.165, 1.54) is 26.4 Å². The summed E-state index contributed by atoms with van der Waals surface area (Å²) in [7, 11) is 0. The highest BCUT2D eigenvalue weighted by molar-refractivity contribution is 7.18. The van der Waals surface area contributed by atoms with Gasteiger partial charge in [-0.05, 0) is 42.5 Å². The number of hydrogen-bond acceptors (Lipinski definition) is 2. The summed E-state index contributed by atoms with van der Waals surface area (Å²) in [5, 5.41) is 1.25. The molecular weight excluding hydrogens is 202 g/mol. The highest BCUT2D eigenvalue weighted by Crippen LogP contribution is 2.26. The molecule has 2 aromatic rings. The molecule has 0 unspecified atom stereocenters. The van der Waals surface area contributed by atoms with Gasteiger partial charge in [0.05, 0.1) is 15.2 Å². The highest BCUT2D eigenvalue weighted by atomic mass is 32.1. The Bertz CT molecular complexity index is 430. The molecule has 1 aromatic carbocycles. The summed E-state index contributed by atoms with van der Waals surface area (Å²) < 4.78 is 1.35. The molecule has 1 nitrogen and oxygen atoms in total. The van der Waals surface area contributed by atoms with Crippen molar-refractivity contribution in [3.05, 3.63) is 28.3 Å². The maximum atomic E-state index is 4.63. The molecule has 0 saturated heterocycles. The van der Waals surface area contributed by atoms with Crippen LogP contribution in [0.1, 0.15) is 36.9 Å². The topological polar surface area (TPSA) is 12.9 Å². The number of aromatic nitrogens is 1. The second-order valence-corrected chi connectivity index (χ2v) is 4.87. The molecule has 2 rings (SSSR count). The van der Waals surface area contributed by atoms with E-state index in [4.69, 9.17) is 0 Å². The fourth-order valence-corrected chi connectivity index (χ4v) is 2.87. The summed E-state index contributed by atoms with van der Waals surface area (Å²) >= 11 is 1.83. The lowest BCUT2D eigenvalue weighted by Gasteiger charge is -2.04. The van der Waals surface area contributed by atoms with Crippen molar-refractivity contribution in [2.24, 2.45) is 0 Å². The van der Waals surface area contributed by atoms with E-state index >= 15 is 0 Å². The van der Waals surface area contributed by atoms with Crippen molar-refractivity contribution in [1.82, 2.24) is 4.98 Å². The summed E-state index contributed by atoms with van der Waals surface area (Å²) in [5.74, 6) is 0. The Morgan fingerprint density at radius 3 is 2.27 bits per heavy atom. The zero-order valence-corrected chi connectivity index (χ0v) is 10.4. The number of hydrogen-bond donors (Lipinski definition) is 0. The van der Waals surface area contributed by atoms with Crippen LogP contribution < -0.4 is 0 Å². The van der Waals surface area contributed by atoms with Gasteiger partial charge in [0.2, 0.25) is 0 Å². The number of rotatable bonds is 3. The van der Waals surface area contributed by atoms with Crippen LogP contribution in [0.4, 0.5) is 0 Å². The molecule has 0 bridgehead atoms. The van der Waals surface area contributed by atoms with Crippen molar-refractivity contribution in [2.75, 3.05) is 0 Å². The van der Waals surface area contributed by atoms with Crippen LogP contribution >= 0.6 is 11.3 Å². The molecule has 0 aliphatic carbocycles. The van der Waals surface area contributed by atoms with Gasteiger partial charge in [0.25, 0.3) is 0 Å². The molecule has 1 aromatic heterocycles. The third-order valence-corrected chi connectivity index (χ3v) is 3.98. The molecule has 0 atom stereocenters. The van der Waals surface area contributed by atoms with Crippen LogP contribution in [0.2, 0.25) is 0 Å². The van der Waals surface area contributed by atoms with Gasteiger partial charge >= 0.3 is 0 Å². The molecule has 0 radical (unpaired) electrons. The average molecular weight is 219 g/mol. The van der Waals surface area contributed by atoms with E-state index in [0.717, 1.165) is 19.3 Å². The molecule has 0 N–H and O–H groups in total. The van der Waals surface area contributed by atoms with Crippen molar-refractivity contribution in [3.8, 4) is 0 Å². The minimum absolute atomic E-state index is 1.04. The lowest BCUT2D eigenvalue weighted by atomic mass is 10.0. The zero-order chi connectivity index (χ0) is 10.8. The normalized spacial score (nSPS) is 11.1. The number of benzene rings is 1. The fourth-order valence-electron chi connectivity index (χ4n) is 1.92. The third kappa shape index (κ3) is 1.91. The van der Waals surface area contributed by atoms with Gasteiger partial charge in [-0.25, -0.2) is 4.98 Å². The number of nitrogens with zero attached hydrogens (tertiary/aromatic N) is 1. The predicted octanol–water partition coefficient (Wildman–Crippen LogP) is 3.98. The minimum Gasteiger partial charge on any atom is -0.241 e. The smallest absolute Gasteiger partial charge is 0.0935 e. The van der Waals surface area contributed by atoms with E-state index in [2.05, 4.69) is 37.9 Å². The zero-order valence-electron chi connectivity index (χ0n) is 9.63. The van der Waals surface area contributed by atoms with Crippen LogP contribution in [0.15, 0.2) is 12.1 Å². The Labute approximate surface area is 95.2 Å². The van der Waals surface area contributed by atoms with E-state index < -0.39 is 0 Å². The van der Waals surface area contributed by atoms with Crippen LogP contribution in [-0.2, 0) is 19.3 Å². The summed E-state index contributed by atoms with van der Waals surface area (Å²) in [6.45, 7) is 6.61. The van der Waals surface area contributed by atoms with Crippen LogP contribution in [0.5, 0.6) is 0 Å². The molecule has 0 fully saturated rings. The Kier molecular flexibility index (Phi) is 3.06. The number of thiazole rings is 1. The maximum Gasteiger partial charge on any atom is 0.0935 e. The first kappa shape index (κ1) is 10.6. The van der Waals surface area contributed by atoms with Crippen molar-refractivity contribution < 1.29 is 0 Å². The summed E-state index contributed by atoms with van der Waals surface area (Å²) in [6, 6.07) is 4.59. The lowest BCUT2D eigenvalue weighted by molar-refractivity contribution is 1.04. The van der Waals surface area contributed by atoms with Crippen molar-refractivity contribution >= 4 is 21.6 Å². The quantitative estimate of drug-likeness (QED) is 0.760. The molecule has 2 heteroatoms. The van der Waals surface area contributed by atoms with E-state index in [1.54, 1.807) is 0 Å². The van der Waals surface area contributed by atoms with Gasteiger partial charge in [0, 0.05) is 0 Å². The third-order valence-electron chi connectivity index (χ3n) is 2.82. The van der Waals surface area contributed by atoms with Crippen molar-refractivity contribution in [2.45, 2.75) is 40.0 Å². The predicted molar refractivity (Wildman–Crippen MR) is 67.8 cm³/mol. The lowest BCUT2D eigenvalue weighted by Crippen LogP contribution is -1.90. The second kappa shape index (κ2) is 4.31. The largest absolute Gasteiger partial charge is 0.241 e. The van der Waals surface area contributed by atoms with E-state index in [0.29, 0.717) is 0 Å². The van der Waals surface area contributed by atoms with Crippen molar-refractivity contribution in [3.63, 3.8) is 0 Å². The van der Waals surface area contributed by atoms with E-state index in [-0.39, 0.29) is 0 Å². The summed E-state index contributed by atoms with van der Waals surface area (Å²) in [5.41, 5.74) is 4.13. The van der Waals surface area contributed by atoms with Gasteiger partial charge in [0.15, 0.2) is 0 Å². The van der Waals surface area contributed by atoms with Crippen LogP contribution in [0, 0.1) is 0 Å². The van der Waals surface area contributed by atoms with Crippen LogP contribution in [-0.4, -0.2) is 4.98 Å². The standard InChI is InChI=1S/C13H17NS/c1-4-9-7-11-12(8-10(9)5-2)15-13(6-3)14-11/h7-8H,4-6H2,1-3H3. The van der Waals surface area contributed by atoms with Gasteiger partial charge in [-0.2, -0.15) is 0 Å². The summed E-state index contributed by atoms with van der Waals surface area (Å²) in [4.78, 5) is 4.63. The molecular formula is C13H17NS. The Morgan fingerprint density at radius 1 is 1.00 bits per heavy atom. The molecule has 0 aliphatic rings. The van der Waals surface area contributed by atoms with Gasteiger partial charge in [-0.15, -0.1) is 11.3 Å². The van der Waals surface area contributed by atoms with Gasteiger partial charge in [0.1, 0.15) is 0 Å². The Hall–Kier alpha value is -0.890. The van der Waals surface area contributed by atoms with Crippen molar-refractivity contribution in [1.29, 1.82) is 0 Å². The van der Waals surface area contributed by atoms with E-state index in [1.807, 2.05) is 11.3 Å². The van der Waals surface area contributed by atoms with Crippen LogP contribution in [0.3, 0.4) is 0 Å². The molecule has 80 valence electrons. The minimum atomic E-state index is 1.04. The number of fused-ring (bicyclic) bond motifs is 1. The van der Waals surface area contributed by atoms with Gasteiger partial charge in [-0.1, -0.05) is 20.8 Å². The first-order chi connectivity index (χ1) is 7.28. The molecule has 1 heterocycles. The Balaban J connectivity index is 2.61. The Morgan fingerprint density at radius 2 is 1.67 bits per heavy atom. The van der Waals surface area contributed by atoms with Gasteiger partial charge in [-0.3, -0.25) is 0 Å². The maximum absolute atomic E-state index is 4.63. The first-order valence-corrected chi connectivity index (χ1v) is 6.51.